The Bertz CT molecular complexity index is 1280. The van der Waals surface area contributed by atoms with Crippen molar-refractivity contribution in [3.63, 3.8) is 0 Å². The second-order valence-electron chi connectivity index (χ2n) is 7.82. The van der Waals surface area contributed by atoms with Crippen LogP contribution in [0.5, 0.6) is 11.5 Å². The number of nitrogens with zero attached hydrogens (tertiary/aromatic N) is 1. The molecule has 1 aliphatic heterocycles. The molecule has 1 N–H and O–H groups in total. The van der Waals surface area contributed by atoms with Crippen LogP contribution < -0.4 is 19.7 Å². The van der Waals surface area contributed by atoms with E-state index in [2.05, 4.69) is 12.2 Å². The van der Waals surface area contributed by atoms with Crippen LogP contribution in [0.4, 0.5) is 11.4 Å². The van der Waals surface area contributed by atoms with Crippen LogP contribution in [0.25, 0.3) is 0 Å². The first-order valence-electron chi connectivity index (χ1n) is 11.0. The van der Waals surface area contributed by atoms with Gasteiger partial charge in [-0.2, -0.15) is 0 Å². The molecule has 3 aromatic rings. The molecule has 35 heavy (non-hydrogen) atoms. The van der Waals surface area contributed by atoms with E-state index in [0.717, 1.165) is 17.7 Å². The number of carbonyl (C=O) groups is 3. The minimum atomic E-state index is -0.630. The number of benzene rings is 3. The third kappa shape index (κ3) is 5.20. The zero-order valence-corrected chi connectivity index (χ0v) is 20.0. The van der Waals surface area contributed by atoms with E-state index in [9.17, 15) is 14.4 Å². The average Bonchev–Trinajstić information content (AvgIpc) is 3.09. The molecule has 0 radical (unpaired) electrons. The largest absolute Gasteiger partial charge is 0.497 e. The molecule has 8 heteroatoms. The molecule has 1 heterocycles. The van der Waals surface area contributed by atoms with Crippen molar-refractivity contribution < 1.29 is 23.9 Å². The van der Waals surface area contributed by atoms with Crippen molar-refractivity contribution in [3.05, 3.63) is 94.7 Å². The number of hydrogen-bond donors (Lipinski definition) is 1. The Balaban J connectivity index is 1.43. The van der Waals surface area contributed by atoms with Crippen LogP contribution in [-0.4, -0.2) is 24.9 Å². The van der Waals surface area contributed by atoms with Crippen molar-refractivity contribution in [2.75, 3.05) is 17.3 Å². The van der Waals surface area contributed by atoms with Gasteiger partial charge in [-0.15, -0.1) is 0 Å². The summed E-state index contributed by atoms with van der Waals surface area (Å²) in [5, 5.41) is 2.66. The Morgan fingerprint density at radius 2 is 1.51 bits per heavy atom. The van der Waals surface area contributed by atoms with Gasteiger partial charge in [0.05, 0.1) is 18.4 Å². The van der Waals surface area contributed by atoms with Gasteiger partial charge in [-0.05, 0) is 72.6 Å². The Labute approximate surface area is 207 Å². The van der Waals surface area contributed by atoms with Gasteiger partial charge in [0.1, 0.15) is 22.2 Å². The molecular formula is C27H23ClN2O5. The van der Waals surface area contributed by atoms with Gasteiger partial charge in [0.25, 0.3) is 11.8 Å². The summed E-state index contributed by atoms with van der Waals surface area (Å²) in [5.41, 5.74) is 2.33. The molecule has 0 aliphatic carbocycles. The molecule has 0 saturated heterocycles. The number of hydrogen-bond acceptors (Lipinski definition) is 6. The molecule has 0 unspecified atom stereocenters. The van der Waals surface area contributed by atoms with Crippen molar-refractivity contribution in [1.82, 2.24) is 0 Å². The highest BCUT2D eigenvalue weighted by atomic mass is 35.5. The lowest BCUT2D eigenvalue weighted by atomic mass is 10.1. The number of anilines is 2. The molecule has 0 saturated carbocycles. The standard InChI is InChI=1S/C27H23ClN2O5/c1-3-4-17-5-13-22(14-6-17)35-27(33)18-7-9-19(10-8-18)29-24-23(28)25(31)30(26(24)32)20-11-15-21(34-2)16-12-20/h5-16,29H,3-4H2,1-2H3. The second kappa shape index (κ2) is 10.4. The van der Waals surface area contributed by atoms with Crippen LogP contribution in [-0.2, 0) is 16.0 Å². The van der Waals surface area contributed by atoms with Crippen molar-refractivity contribution in [1.29, 1.82) is 0 Å². The molecule has 178 valence electrons. The first-order chi connectivity index (χ1) is 16.9. The van der Waals surface area contributed by atoms with Crippen LogP contribution in [0.3, 0.4) is 0 Å². The van der Waals surface area contributed by atoms with Crippen molar-refractivity contribution in [2.45, 2.75) is 19.8 Å². The monoisotopic (exact) mass is 490 g/mol. The number of carbonyl (C=O) groups excluding carboxylic acids is 3. The SMILES string of the molecule is CCCc1ccc(OC(=O)c2ccc(NC3=C(Cl)C(=O)N(c4ccc(OC)cc4)C3=O)cc2)cc1. The molecule has 0 aromatic heterocycles. The second-order valence-corrected chi connectivity index (χ2v) is 8.20. The molecule has 4 rings (SSSR count). The summed E-state index contributed by atoms with van der Waals surface area (Å²) in [5.74, 6) is -0.662. The molecule has 7 nitrogen and oxygen atoms in total. The predicted octanol–water partition coefficient (Wildman–Crippen LogP) is 5.30. The average molecular weight is 491 g/mol. The molecular weight excluding hydrogens is 468 g/mol. The van der Waals surface area contributed by atoms with E-state index in [4.69, 9.17) is 21.1 Å². The third-order valence-corrected chi connectivity index (χ3v) is 5.77. The number of esters is 1. The summed E-state index contributed by atoms with van der Waals surface area (Å²) in [4.78, 5) is 39.0. The number of imide groups is 1. The van der Waals surface area contributed by atoms with Gasteiger partial charge < -0.3 is 14.8 Å². The molecule has 0 atom stereocenters. The number of methoxy groups -OCH3 is 1. The lowest BCUT2D eigenvalue weighted by Gasteiger charge is -2.15. The summed E-state index contributed by atoms with van der Waals surface area (Å²) >= 11 is 6.19. The molecule has 2 amide bonds. The van der Waals surface area contributed by atoms with Crippen molar-refractivity contribution in [3.8, 4) is 11.5 Å². The van der Waals surface area contributed by atoms with Crippen LogP contribution in [0.2, 0.25) is 0 Å². The summed E-state index contributed by atoms with van der Waals surface area (Å²) in [6, 6.07) is 20.2. The van der Waals surface area contributed by atoms with Crippen molar-refractivity contribution in [2.24, 2.45) is 0 Å². The van der Waals surface area contributed by atoms with E-state index in [-0.39, 0.29) is 10.7 Å². The van der Waals surface area contributed by atoms with Gasteiger partial charge in [0.2, 0.25) is 0 Å². The maximum absolute atomic E-state index is 12.9. The summed E-state index contributed by atoms with van der Waals surface area (Å²) < 4.78 is 10.5. The lowest BCUT2D eigenvalue weighted by Crippen LogP contribution is -2.32. The topological polar surface area (TPSA) is 84.9 Å². The number of halogens is 1. The zero-order chi connectivity index (χ0) is 24.9. The first-order valence-corrected chi connectivity index (χ1v) is 11.4. The molecule has 0 bridgehead atoms. The Hall–Kier alpha value is -4.10. The highest BCUT2D eigenvalue weighted by molar-refractivity contribution is 6.53. The van der Waals surface area contributed by atoms with Gasteiger partial charge in [-0.3, -0.25) is 9.59 Å². The number of nitrogens with one attached hydrogen (secondary N) is 1. The number of rotatable bonds is 8. The van der Waals surface area contributed by atoms with E-state index >= 15 is 0 Å². The zero-order valence-electron chi connectivity index (χ0n) is 19.2. The summed E-state index contributed by atoms with van der Waals surface area (Å²) in [6.45, 7) is 2.11. The Morgan fingerprint density at radius 3 is 2.11 bits per heavy atom. The Kier molecular flexibility index (Phi) is 7.17. The van der Waals surface area contributed by atoms with E-state index in [0.29, 0.717) is 28.4 Å². The van der Waals surface area contributed by atoms with Crippen LogP contribution in [0, 0.1) is 0 Å². The predicted molar refractivity (Wildman–Crippen MR) is 134 cm³/mol. The van der Waals surface area contributed by atoms with Gasteiger partial charge in [0, 0.05) is 5.69 Å². The number of aryl methyl sites for hydroxylation is 1. The summed E-state index contributed by atoms with van der Waals surface area (Å²) in [7, 11) is 1.53. The third-order valence-electron chi connectivity index (χ3n) is 5.42. The Morgan fingerprint density at radius 1 is 0.886 bits per heavy atom. The van der Waals surface area contributed by atoms with E-state index in [1.54, 1.807) is 60.7 Å². The maximum atomic E-state index is 12.9. The van der Waals surface area contributed by atoms with Gasteiger partial charge >= 0.3 is 5.97 Å². The highest BCUT2D eigenvalue weighted by Gasteiger charge is 2.39. The number of amides is 2. The minimum Gasteiger partial charge on any atom is -0.497 e. The quantitative estimate of drug-likeness (QED) is 0.262. The van der Waals surface area contributed by atoms with Crippen LogP contribution >= 0.6 is 11.6 Å². The molecule has 0 spiro atoms. The van der Waals surface area contributed by atoms with Crippen LogP contribution in [0.1, 0.15) is 29.3 Å². The van der Waals surface area contributed by atoms with Gasteiger partial charge in [-0.1, -0.05) is 37.1 Å². The fourth-order valence-electron chi connectivity index (χ4n) is 3.59. The van der Waals surface area contributed by atoms with Gasteiger partial charge in [0.15, 0.2) is 0 Å². The smallest absolute Gasteiger partial charge is 0.343 e. The van der Waals surface area contributed by atoms with Crippen molar-refractivity contribution >= 4 is 40.8 Å². The minimum absolute atomic E-state index is 0.0463. The number of ether oxygens (including phenoxy) is 2. The lowest BCUT2D eigenvalue weighted by molar-refractivity contribution is -0.120. The fourth-order valence-corrected chi connectivity index (χ4v) is 3.80. The molecule has 0 fully saturated rings. The highest BCUT2D eigenvalue weighted by Crippen LogP contribution is 2.31. The van der Waals surface area contributed by atoms with Gasteiger partial charge in [-0.25, -0.2) is 9.69 Å². The maximum Gasteiger partial charge on any atom is 0.343 e. The molecule has 1 aliphatic rings. The summed E-state index contributed by atoms with van der Waals surface area (Å²) in [6.07, 6.45) is 2.01. The fraction of sp³-hybridized carbons (Fsp3) is 0.148. The van der Waals surface area contributed by atoms with Crippen LogP contribution in [0.15, 0.2) is 83.5 Å². The van der Waals surface area contributed by atoms with E-state index < -0.39 is 17.8 Å². The first kappa shape index (κ1) is 24.0. The van der Waals surface area contributed by atoms with E-state index in [1.807, 2.05) is 12.1 Å². The normalized spacial score (nSPS) is 13.3. The van der Waals surface area contributed by atoms with E-state index in [1.165, 1.54) is 12.7 Å². The molecule has 3 aromatic carbocycles.